The molecule has 1 aliphatic heterocycles. The van der Waals surface area contributed by atoms with Crippen molar-refractivity contribution in [3.8, 4) is 0 Å². The van der Waals surface area contributed by atoms with Gasteiger partial charge in [-0.25, -0.2) is 0 Å². The molecular formula is C11H23NOS. The van der Waals surface area contributed by atoms with Crippen LogP contribution in [-0.4, -0.2) is 46.7 Å². The summed E-state index contributed by atoms with van der Waals surface area (Å²) in [5.74, 6) is 1.23. The van der Waals surface area contributed by atoms with Gasteiger partial charge in [-0.1, -0.05) is 20.8 Å². The summed E-state index contributed by atoms with van der Waals surface area (Å²) in [6, 6.07) is 0. The first-order valence-electron chi connectivity index (χ1n) is 5.44. The molecule has 0 radical (unpaired) electrons. The Hall–Kier alpha value is 0.270. The van der Waals surface area contributed by atoms with Gasteiger partial charge in [0.2, 0.25) is 0 Å². The van der Waals surface area contributed by atoms with Crippen molar-refractivity contribution in [2.75, 3.05) is 25.4 Å². The zero-order valence-corrected chi connectivity index (χ0v) is 10.6. The first-order valence-corrected chi connectivity index (χ1v) is 6.49. The zero-order chi connectivity index (χ0) is 10.8. The van der Waals surface area contributed by atoms with Crippen LogP contribution < -0.4 is 0 Å². The minimum absolute atomic E-state index is 0.0156. The van der Waals surface area contributed by atoms with E-state index >= 15 is 0 Å². The summed E-state index contributed by atoms with van der Waals surface area (Å²) < 4.78 is 0. The molecule has 0 aromatic carbocycles. The van der Waals surface area contributed by atoms with Crippen LogP contribution in [0.25, 0.3) is 0 Å². The highest BCUT2D eigenvalue weighted by molar-refractivity contribution is 7.99. The predicted molar refractivity (Wildman–Crippen MR) is 63.8 cm³/mol. The molecule has 1 rings (SSSR count). The maximum Gasteiger partial charge on any atom is 0.0575 e. The maximum absolute atomic E-state index is 9.64. The highest BCUT2D eigenvalue weighted by Crippen LogP contribution is 2.25. The molecule has 0 amide bonds. The fourth-order valence-electron chi connectivity index (χ4n) is 1.74. The van der Waals surface area contributed by atoms with Crippen molar-refractivity contribution in [1.82, 2.24) is 4.90 Å². The van der Waals surface area contributed by atoms with Crippen LogP contribution in [0, 0.1) is 5.41 Å². The summed E-state index contributed by atoms with van der Waals surface area (Å²) in [5.41, 5.74) is 0.0156. The highest BCUT2D eigenvalue weighted by Gasteiger charge is 2.28. The predicted octanol–water partition coefficient (Wildman–Crippen LogP) is 1.83. The van der Waals surface area contributed by atoms with Gasteiger partial charge < -0.3 is 10.0 Å². The number of aliphatic hydroxyl groups is 1. The lowest BCUT2D eigenvalue weighted by Crippen LogP contribution is -2.45. The molecule has 2 atom stereocenters. The third-order valence-corrected chi connectivity index (χ3v) is 4.22. The molecule has 2 unspecified atom stereocenters. The Bertz CT molecular complexity index is 182. The van der Waals surface area contributed by atoms with Crippen molar-refractivity contribution in [1.29, 1.82) is 0 Å². The van der Waals surface area contributed by atoms with Gasteiger partial charge in [0.05, 0.1) is 6.10 Å². The number of aliphatic hydroxyl groups excluding tert-OH is 1. The van der Waals surface area contributed by atoms with Crippen molar-refractivity contribution >= 4 is 11.8 Å². The lowest BCUT2D eigenvalue weighted by atomic mass is 9.87. The Labute approximate surface area is 92.1 Å². The smallest absolute Gasteiger partial charge is 0.0575 e. The molecule has 1 heterocycles. The zero-order valence-electron chi connectivity index (χ0n) is 9.79. The van der Waals surface area contributed by atoms with Gasteiger partial charge in [0.15, 0.2) is 0 Å². The summed E-state index contributed by atoms with van der Waals surface area (Å²) in [6.45, 7) is 11.8. The molecule has 0 aliphatic carbocycles. The lowest BCUT2D eigenvalue weighted by Gasteiger charge is -2.38. The molecule has 2 nitrogen and oxygen atoms in total. The second kappa shape index (κ2) is 4.86. The van der Waals surface area contributed by atoms with Crippen molar-refractivity contribution in [3.05, 3.63) is 0 Å². The molecule has 14 heavy (non-hydrogen) atoms. The van der Waals surface area contributed by atoms with E-state index in [1.54, 1.807) is 0 Å². The topological polar surface area (TPSA) is 23.5 Å². The third kappa shape index (κ3) is 3.44. The van der Waals surface area contributed by atoms with Crippen molar-refractivity contribution in [2.45, 2.75) is 39.0 Å². The van der Waals surface area contributed by atoms with Gasteiger partial charge in [0.1, 0.15) is 0 Å². The van der Waals surface area contributed by atoms with Crippen LogP contribution in [0.2, 0.25) is 0 Å². The van der Waals surface area contributed by atoms with E-state index in [-0.39, 0.29) is 11.5 Å². The standard InChI is InChI=1S/C11H23NOS/c1-9-7-12(5-6-14-9)8-11(3,4)10(2)13/h9-10,13H,5-8H2,1-4H3. The van der Waals surface area contributed by atoms with E-state index < -0.39 is 0 Å². The van der Waals surface area contributed by atoms with Crippen LogP contribution in [-0.2, 0) is 0 Å². The summed E-state index contributed by atoms with van der Waals surface area (Å²) >= 11 is 2.05. The van der Waals surface area contributed by atoms with Crippen LogP contribution in [0.3, 0.4) is 0 Å². The molecule has 0 saturated carbocycles. The van der Waals surface area contributed by atoms with Gasteiger partial charge in [-0.3, -0.25) is 0 Å². The molecular weight excluding hydrogens is 194 g/mol. The van der Waals surface area contributed by atoms with Gasteiger partial charge in [-0.2, -0.15) is 11.8 Å². The van der Waals surface area contributed by atoms with Gasteiger partial charge in [-0.05, 0) is 6.92 Å². The van der Waals surface area contributed by atoms with Crippen molar-refractivity contribution in [3.63, 3.8) is 0 Å². The number of hydrogen-bond donors (Lipinski definition) is 1. The molecule has 3 heteroatoms. The SMILES string of the molecule is CC1CN(CC(C)(C)C(C)O)CCS1. The Morgan fingerprint density at radius 2 is 2.21 bits per heavy atom. The molecule has 1 fully saturated rings. The maximum atomic E-state index is 9.64. The molecule has 84 valence electrons. The molecule has 0 aromatic heterocycles. The Balaban J connectivity index is 2.43. The van der Waals surface area contributed by atoms with Gasteiger partial charge in [0.25, 0.3) is 0 Å². The molecule has 0 bridgehead atoms. The minimum atomic E-state index is -0.229. The first kappa shape index (κ1) is 12.3. The molecule has 1 saturated heterocycles. The Morgan fingerprint density at radius 3 is 2.71 bits per heavy atom. The van der Waals surface area contributed by atoms with Crippen molar-refractivity contribution < 1.29 is 5.11 Å². The number of nitrogens with zero attached hydrogens (tertiary/aromatic N) is 1. The largest absolute Gasteiger partial charge is 0.393 e. The van der Waals surface area contributed by atoms with Gasteiger partial charge in [0, 0.05) is 36.1 Å². The summed E-state index contributed by atoms with van der Waals surface area (Å²) in [6.07, 6.45) is -0.229. The number of hydrogen-bond acceptors (Lipinski definition) is 3. The summed E-state index contributed by atoms with van der Waals surface area (Å²) in [5, 5.41) is 10.4. The first-order chi connectivity index (χ1) is 6.42. The molecule has 1 N–H and O–H groups in total. The van der Waals surface area contributed by atoms with Crippen LogP contribution in [0.4, 0.5) is 0 Å². The Morgan fingerprint density at radius 1 is 1.57 bits per heavy atom. The highest BCUT2D eigenvalue weighted by atomic mass is 32.2. The van der Waals surface area contributed by atoms with Crippen molar-refractivity contribution in [2.24, 2.45) is 5.41 Å². The third-order valence-electron chi connectivity index (χ3n) is 3.09. The Kier molecular flexibility index (Phi) is 4.29. The fourth-order valence-corrected chi connectivity index (χ4v) is 2.82. The van der Waals surface area contributed by atoms with Crippen LogP contribution in [0.1, 0.15) is 27.7 Å². The quantitative estimate of drug-likeness (QED) is 0.780. The van der Waals surface area contributed by atoms with E-state index in [4.69, 9.17) is 0 Å². The minimum Gasteiger partial charge on any atom is -0.393 e. The van der Waals surface area contributed by atoms with E-state index in [9.17, 15) is 5.11 Å². The lowest BCUT2D eigenvalue weighted by molar-refractivity contribution is 0.0356. The van der Waals surface area contributed by atoms with Crippen LogP contribution >= 0.6 is 11.8 Å². The second-order valence-corrected chi connectivity index (χ2v) is 6.63. The summed E-state index contributed by atoms with van der Waals surface area (Å²) in [7, 11) is 0. The van der Waals surface area contributed by atoms with Crippen LogP contribution in [0.15, 0.2) is 0 Å². The molecule has 0 spiro atoms. The number of thioether (sulfide) groups is 1. The monoisotopic (exact) mass is 217 g/mol. The molecule has 1 aliphatic rings. The average molecular weight is 217 g/mol. The normalized spacial score (nSPS) is 27.6. The van der Waals surface area contributed by atoms with Gasteiger partial charge in [-0.15, -0.1) is 0 Å². The van der Waals surface area contributed by atoms with E-state index in [2.05, 4.69) is 37.4 Å². The van der Waals surface area contributed by atoms with E-state index in [0.717, 1.165) is 11.8 Å². The summed E-state index contributed by atoms with van der Waals surface area (Å²) in [4.78, 5) is 2.48. The van der Waals surface area contributed by atoms with E-state index in [1.807, 2.05) is 6.92 Å². The van der Waals surface area contributed by atoms with E-state index in [1.165, 1.54) is 18.8 Å². The molecule has 0 aromatic rings. The van der Waals surface area contributed by atoms with E-state index in [0.29, 0.717) is 0 Å². The van der Waals surface area contributed by atoms with Gasteiger partial charge >= 0.3 is 0 Å². The van der Waals surface area contributed by atoms with Crippen LogP contribution in [0.5, 0.6) is 0 Å². The number of rotatable bonds is 3. The fraction of sp³-hybridized carbons (Fsp3) is 1.00. The second-order valence-electron chi connectivity index (χ2n) is 5.08. The average Bonchev–Trinajstić information content (AvgIpc) is 2.02.